The topological polar surface area (TPSA) is 42.1 Å². The van der Waals surface area contributed by atoms with Gasteiger partial charge in [0.2, 0.25) is 0 Å². The summed E-state index contributed by atoms with van der Waals surface area (Å²) in [5.41, 5.74) is 0. The van der Waals surface area contributed by atoms with Crippen molar-refractivity contribution in [3.05, 3.63) is 0 Å². The standard InChI is InChI=1S/C10H16O3/c1-2-7(3-8-5-12-8)10(11)4-9-6-13-9/h7-9H,2-6H2,1H3. The van der Waals surface area contributed by atoms with Gasteiger partial charge < -0.3 is 9.47 Å². The molecule has 3 heteroatoms. The Hall–Kier alpha value is -0.410. The summed E-state index contributed by atoms with van der Waals surface area (Å²) in [6, 6.07) is 0. The van der Waals surface area contributed by atoms with E-state index >= 15 is 0 Å². The summed E-state index contributed by atoms with van der Waals surface area (Å²) in [6.45, 7) is 3.70. The van der Waals surface area contributed by atoms with Gasteiger partial charge >= 0.3 is 0 Å². The van der Waals surface area contributed by atoms with Gasteiger partial charge in [-0.05, 0) is 12.8 Å². The minimum absolute atomic E-state index is 0.205. The fourth-order valence-corrected chi connectivity index (χ4v) is 1.62. The number of rotatable bonds is 6. The minimum atomic E-state index is 0.205. The number of hydrogen-bond donors (Lipinski definition) is 0. The van der Waals surface area contributed by atoms with E-state index < -0.39 is 0 Å². The van der Waals surface area contributed by atoms with E-state index in [1.807, 2.05) is 0 Å². The van der Waals surface area contributed by atoms with E-state index in [-0.39, 0.29) is 12.0 Å². The largest absolute Gasteiger partial charge is 0.373 e. The summed E-state index contributed by atoms with van der Waals surface area (Å²) < 4.78 is 10.2. The van der Waals surface area contributed by atoms with E-state index in [4.69, 9.17) is 9.47 Å². The van der Waals surface area contributed by atoms with Crippen LogP contribution >= 0.6 is 0 Å². The number of hydrogen-bond acceptors (Lipinski definition) is 3. The molecule has 2 aliphatic rings. The second-order valence-corrected chi connectivity index (χ2v) is 3.92. The van der Waals surface area contributed by atoms with Crippen molar-refractivity contribution >= 4 is 5.78 Å². The molecule has 13 heavy (non-hydrogen) atoms. The van der Waals surface area contributed by atoms with Crippen LogP contribution in [-0.2, 0) is 14.3 Å². The zero-order chi connectivity index (χ0) is 9.26. The van der Waals surface area contributed by atoms with Crippen LogP contribution in [0.2, 0.25) is 0 Å². The second-order valence-electron chi connectivity index (χ2n) is 3.92. The van der Waals surface area contributed by atoms with Gasteiger partial charge in [-0.25, -0.2) is 0 Å². The quantitative estimate of drug-likeness (QED) is 0.582. The average Bonchev–Trinajstić information content (AvgIpc) is 2.94. The number of ketones is 1. The second kappa shape index (κ2) is 3.76. The van der Waals surface area contributed by atoms with Gasteiger partial charge in [-0.2, -0.15) is 0 Å². The zero-order valence-corrected chi connectivity index (χ0v) is 7.99. The Labute approximate surface area is 78.4 Å². The number of carbonyl (C=O) groups is 1. The lowest BCUT2D eigenvalue weighted by Gasteiger charge is -2.10. The molecule has 0 saturated carbocycles. The van der Waals surface area contributed by atoms with Gasteiger partial charge in [0, 0.05) is 12.3 Å². The minimum Gasteiger partial charge on any atom is -0.373 e. The molecule has 2 rings (SSSR count). The van der Waals surface area contributed by atoms with Crippen LogP contribution in [0.5, 0.6) is 0 Å². The highest BCUT2D eigenvalue weighted by Crippen LogP contribution is 2.25. The third-order valence-corrected chi connectivity index (χ3v) is 2.73. The van der Waals surface area contributed by atoms with Crippen LogP contribution in [0, 0.1) is 5.92 Å². The molecule has 0 aliphatic carbocycles. The normalized spacial score (nSPS) is 32.7. The summed E-state index contributed by atoms with van der Waals surface area (Å²) in [6.07, 6.45) is 3.08. The van der Waals surface area contributed by atoms with Crippen molar-refractivity contribution in [3.8, 4) is 0 Å². The van der Waals surface area contributed by atoms with Crippen molar-refractivity contribution in [1.82, 2.24) is 0 Å². The number of Topliss-reactive ketones (excluding diaryl/α,β-unsaturated/α-hetero) is 1. The molecule has 3 nitrogen and oxygen atoms in total. The molecule has 2 saturated heterocycles. The Morgan fingerprint density at radius 3 is 2.46 bits per heavy atom. The van der Waals surface area contributed by atoms with Crippen molar-refractivity contribution in [3.63, 3.8) is 0 Å². The first kappa shape index (κ1) is 9.16. The maximum Gasteiger partial charge on any atom is 0.138 e. The lowest BCUT2D eigenvalue weighted by Crippen LogP contribution is -2.17. The summed E-state index contributed by atoms with van der Waals surface area (Å²) in [5.74, 6) is 0.567. The summed E-state index contributed by atoms with van der Waals surface area (Å²) in [7, 11) is 0. The van der Waals surface area contributed by atoms with Crippen LogP contribution in [-0.4, -0.2) is 31.2 Å². The third-order valence-electron chi connectivity index (χ3n) is 2.73. The van der Waals surface area contributed by atoms with Gasteiger partial charge in [-0.3, -0.25) is 4.79 Å². The van der Waals surface area contributed by atoms with E-state index in [1.54, 1.807) is 0 Å². The summed E-state index contributed by atoms with van der Waals surface area (Å²) in [5, 5.41) is 0. The molecule has 2 aliphatic heterocycles. The van der Waals surface area contributed by atoms with Crippen LogP contribution in [0.4, 0.5) is 0 Å². The van der Waals surface area contributed by atoms with Crippen molar-refractivity contribution in [2.75, 3.05) is 13.2 Å². The van der Waals surface area contributed by atoms with E-state index in [9.17, 15) is 4.79 Å². The van der Waals surface area contributed by atoms with Crippen molar-refractivity contribution < 1.29 is 14.3 Å². The zero-order valence-electron chi connectivity index (χ0n) is 7.99. The number of epoxide rings is 2. The monoisotopic (exact) mass is 184 g/mol. The first-order valence-electron chi connectivity index (χ1n) is 5.05. The van der Waals surface area contributed by atoms with Crippen molar-refractivity contribution in [2.24, 2.45) is 5.92 Å². The molecule has 0 N–H and O–H groups in total. The van der Waals surface area contributed by atoms with E-state index in [0.717, 1.165) is 26.1 Å². The first-order valence-corrected chi connectivity index (χ1v) is 5.05. The molecule has 0 radical (unpaired) electrons. The molecule has 2 heterocycles. The van der Waals surface area contributed by atoms with Gasteiger partial charge in [-0.1, -0.05) is 6.92 Å². The lowest BCUT2D eigenvalue weighted by molar-refractivity contribution is -0.123. The SMILES string of the molecule is CCC(CC1CO1)C(=O)CC1CO1. The molecule has 74 valence electrons. The highest BCUT2D eigenvalue weighted by atomic mass is 16.6. The highest BCUT2D eigenvalue weighted by Gasteiger charge is 2.32. The fraction of sp³-hybridized carbons (Fsp3) is 0.900. The van der Waals surface area contributed by atoms with Crippen molar-refractivity contribution in [2.45, 2.75) is 38.4 Å². The summed E-state index contributed by atoms with van der Waals surface area (Å²) >= 11 is 0. The fourth-order valence-electron chi connectivity index (χ4n) is 1.62. The first-order chi connectivity index (χ1) is 6.29. The molecule has 0 spiro atoms. The molecule has 0 aromatic heterocycles. The average molecular weight is 184 g/mol. The van der Waals surface area contributed by atoms with E-state index in [2.05, 4.69) is 6.92 Å². The Morgan fingerprint density at radius 2 is 2.00 bits per heavy atom. The Balaban J connectivity index is 1.74. The molecule has 3 atom stereocenters. The smallest absolute Gasteiger partial charge is 0.138 e. The van der Waals surface area contributed by atoms with Gasteiger partial charge in [0.05, 0.1) is 25.4 Å². The van der Waals surface area contributed by atoms with Crippen LogP contribution in [0.25, 0.3) is 0 Å². The molecule has 0 bridgehead atoms. The van der Waals surface area contributed by atoms with E-state index in [1.165, 1.54) is 0 Å². The number of carbonyl (C=O) groups excluding carboxylic acids is 1. The predicted octanol–water partition coefficient (Wildman–Crippen LogP) is 1.16. The van der Waals surface area contributed by atoms with Crippen LogP contribution in [0.3, 0.4) is 0 Å². The van der Waals surface area contributed by atoms with Gasteiger partial charge in [0.15, 0.2) is 0 Å². The Kier molecular flexibility index (Phi) is 2.65. The van der Waals surface area contributed by atoms with Gasteiger partial charge in [-0.15, -0.1) is 0 Å². The lowest BCUT2D eigenvalue weighted by atomic mass is 9.93. The predicted molar refractivity (Wildman–Crippen MR) is 47.5 cm³/mol. The summed E-state index contributed by atoms with van der Waals surface area (Å²) in [4.78, 5) is 11.7. The van der Waals surface area contributed by atoms with Crippen LogP contribution in [0.1, 0.15) is 26.2 Å². The van der Waals surface area contributed by atoms with Crippen molar-refractivity contribution in [1.29, 1.82) is 0 Å². The molecular formula is C10H16O3. The highest BCUT2D eigenvalue weighted by molar-refractivity contribution is 5.81. The Morgan fingerprint density at radius 1 is 1.38 bits per heavy atom. The Bertz CT molecular complexity index is 194. The molecular weight excluding hydrogens is 168 g/mol. The molecule has 2 fully saturated rings. The van der Waals surface area contributed by atoms with Gasteiger partial charge in [0.25, 0.3) is 0 Å². The number of ether oxygens (including phenoxy) is 2. The van der Waals surface area contributed by atoms with E-state index in [0.29, 0.717) is 18.3 Å². The van der Waals surface area contributed by atoms with Gasteiger partial charge in [0.1, 0.15) is 5.78 Å². The third kappa shape index (κ3) is 2.78. The molecule has 0 aromatic carbocycles. The van der Waals surface area contributed by atoms with Crippen LogP contribution in [0.15, 0.2) is 0 Å². The molecule has 0 amide bonds. The maximum atomic E-state index is 11.7. The molecule has 0 aromatic rings. The molecule has 3 unspecified atom stereocenters. The van der Waals surface area contributed by atoms with Crippen LogP contribution < -0.4 is 0 Å². The maximum absolute atomic E-state index is 11.7.